The number of hydrogen-bond donors (Lipinski definition) is 2. The summed E-state index contributed by atoms with van der Waals surface area (Å²) in [4.78, 5) is 11.5. The zero-order valence-corrected chi connectivity index (χ0v) is 21.1. The third-order valence-corrected chi connectivity index (χ3v) is 5.78. The van der Waals surface area contributed by atoms with Crippen molar-refractivity contribution in [1.29, 1.82) is 0 Å². The molecule has 196 valence electrons. The SMILES string of the molecule is O=C(O)c1ccc(-[n+]2c(-c3ccccc3)cc(-c3ccccc3)cc2-c2ccccc2)cc1O.[O-][Cl+3]([O-])([O-])[O-]. The largest absolute Gasteiger partial charge is 0.507 e. The number of rotatable bonds is 5. The quantitative estimate of drug-likeness (QED) is 0.319. The van der Waals surface area contributed by atoms with Gasteiger partial charge in [-0.25, -0.2) is 23.4 Å². The van der Waals surface area contributed by atoms with Gasteiger partial charge in [-0.1, -0.05) is 66.7 Å². The number of carboxylic acids is 1. The van der Waals surface area contributed by atoms with Crippen LogP contribution < -0.4 is 23.2 Å². The highest BCUT2D eigenvalue weighted by Gasteiger charge is 2.26. The minimum absolute atomic E-state index is 0.132. The van der Waals surface area contributed by atoms with Crippen molar-refractivity contribution in [1.82, 2.24) is 0 Å². The molecule has 0 aliphatic heterocycles. The van der Waals surface area contributed by atoms with E-state index in [1.165, 1.54) is 12.1 Å². The first kappa shape index (κ1) is 27.5. The number of halogens is 1. The Kier molecular flexibility index (Phi) is 8.36. The van der Waals surface area contributed by atoms with Gasteiger partial charge in [0.2, 0.25) is 17.1 Å². The lowest BCUT2D eigenvalue weighted by atomic mass is 9.98. The van der Waals surface area contributed by atoms with Crippen LogP contribution in [-0.2, 0) is 0 Å². The van der Waals surface area contributed by atoms with Crippen molar-refractivity contribution in [2.24, 2.45) is 0 Å². The van der Waals surface area contributed by atoms with E-state index in [-0.39, 0.29) is 11.3 Å². The molecule has 9 heteroatoms. The molecule has 2 N–H and O–H groups in total. The fraction of sp³-hybridized carbons (Fsp3) is 0. The van der Waals surface area contributed by atoms with Crippen LogP contribution in [0, 0.1) is 10.2 Å². The summed E-state index contributed by atoms with van der Waals surface area (Å²) in [6.07, 6.45) is 0. The Morgan fingerprint density at radius 1 is 0.590 bits per heavy atom. The van der Waals surface area contributed by atoms with Crippen molar-refractivity contribution in [3.8, 4) is 45.1 Å². The summed E-state index contributed by atoms with van der Waals surface area (Å²) in [5.41, 5.74) is 6.52. The van der Waals surface area contributed by atoms with E-state index in [1.54, 1.807) is 6.07 Å². The average molecular weight is 544 g/mol. The molecule has 1 aromatic heterocycles. The monoisotopic (exact) mass is 543 g/mol. The minimum atomic E-state index is -4.94. The molecule has 5 aromatic rings. The summed E-state index contributed by atoms with van der Waals surface area (Å²) >= 11 is 0. The van der Waals surface area contributed by atoms with Crippen LogP contribution in [-0.4, -0.2) is 16.2 Å². The third-order valence-electron chi connectivity index (χ3n) is 5.78. The van der Waals surface area contributed by atoms with E-state index in [2.05, 4.69) is 28.8 Å². The summed E-state index contributed by atoms with van der Waals surface area (Å²) in [6.45, 7) is 0. The van der Waals surface area contributed by atoms with Gasteiger partial charge < -0.3 is 10.2 Å². The molecule has 0 saturated carbocycles. The summed E-state index contributed by atoms with van der Waals surface area (Å²) in [5, 5.41) is 19.9. The Morgan fingerprint density at radius 2 is 1.00 bits per heavy atom. The number of aromatic carboxylic acids is 1. The molecule has 0 unspecified atom stereocenters. The maximum Gasteiger partial charge on any atom is 0.339 e. The van der Waals surface area contributed by atoms with Gasteiger partial charge in [-0.3, -0.25) is 0 Å². The number of carboxylic acid groups (broad SMARTS) is 1. The molecule has 0 fully saturated rings. The Bertz CT molecular complexity index is 1510. The first-order valence-corrected chi connectivity index (χ1v) is 12.8. The summed E-state index contributed by atoms with van der Waals surface area (Å²) in [7, 11) is -4.94. The number of carbonyl (C=O) groups is 1. The maximum atomic E-state index is 11.5. The van der Waals surface area contributed by atoms with Crippen molar-refractivity contribution in [2.45, 2.75) is 0 Å². The van der Waals surface area contributed by atoms with E-state index >= 15 is 0 Å². The highest BCUT2D eigenvalue weighted by molar-refractivity contribution is 5.91. The summed E-state index contributed by atoms with van der Waals surface area (Å²) in [5.74, 6) is -1.44. The van der Waals surface area contributed by atoms with Crippen LogP contribution in [0.1, 0.15) is 10.4 Å². The number of nitrogens with zero attached hydrogens (tertiary/aromatic N) is 1. The van der Waals surface area contributed by atoms with E-state index < -0.39 is 16.2 Å². The molecule has 8 nitrogen and oxygen atoms in total. The highest BCUT2D eigenvalue weighted by Crippen LogP contribution is 2.31. The standard InChI is InChI=1S/C30H21NO3.ClHO4/c32-29-20-25(16-17-26(29)30(33)34)31-27(22-12-6-2-7-13-22)18-24(21-10-4-1-5-11-21)19-28(31)23-14-8-3-9-15-23;2-1(3,4)5/h1-20H,(H-,32,33,34);(H,2,3,4,5). The topological polar surface area (TPSA) is 154 Å². The average Bonchev–Trinajstić information content (AvgIpc) is 2.92. The molecule has 1 heterocycles. The van der Waals surface area contributed by atoms with Crippen LogP contribution >= 0.6 is 0 Å². The van der Waals surface area contributed by atoms with E-state index in [0.717, 1.165) is 33.6 Å². The van der Waals surface area contributed by atoms with Crippen LogP contribution in [0.15, 0.2) is 121 Å². The molecule has 0 amide bonds. The molecule has 0 atom stereocenters. The molecule has 0 spiro atoms. The van der Waals surface area contributed by atoms with Crippen LogP contribution in [0.25, 0.3) is 39.3 Å². The van der Waals surface area contributed by atoms with Gasteiger partial charge in [0.05, 0.1) is 6.07 Å². The predicted molar refractivity (Wildman–Crippen MR) is 133 cm³/mol. The van der Waals surface area contributed by atoms with Crippen LogP contribution in [0.4, 0.5) is 0 Å². The van der Waals surface area contributed by atoms with Crippen molar-refractivity contribution >= 4 is 5.97 Å². The molecular weight excluding hydrogens is 522 g/mol. The summed E-state index contributed by atoms with van der Waals surface area (Å²) in [6, 6.07) is 39.2. The Morgan fingerprint density at radius 3 is 1.38 bits per heavy atom. The van der Waals surface area contributed by atoms with Crippen molar-refractivity contribution in [3.05, 3.63) is 127 Å². The third kappa shape index (κ3) is 7.05. The second-order valence-corrected chi connectivity index (χ2v) is 9.09. The van der Waals surface area contributed by atoms with Gasteiger partial charge in [0.1, 0.15) is 11.3 Å². The number of pyridine rings is 1. The molecule has 0 saturated heterocycles. The molecule has 0 radical (unpaired) electrons. The van der Waals surface area contributed by atoms with Crippen molar-refractivity contribution in [3.63, 3.8) is 0 Å². The molecule has 0 aliphatic rings. The number of phenols is 1. The normalized spacial score (nSPS) is 10.9. The number of aromatic hydroxyl groups is 1. The first-order valence-electron chi connectivity index (χ1n) is 11.6. The number of hydrogen-bond acceptors (Lipinski definition) is 6. The molecule has 39 heavy (non-hydrogen) atoms. The van der Waals surface area contributed by atoms with Crippen LogP contribution in [0.3, 0.4) is 0 Å². The van der Waals surface area contributed by atoms with Gasteiger partial charge in [0.25, 0.3) is 0 Å². The zero-order chi connectivity index (χ0) is 28.0. The van der Waals surface area contributed by atoms with E-state index in [1.807, 2.05) is 78.9 Å². The Labute approximate surface area is 226 Å². The van der Waals surface area contributed by atoms with Crippen molar-refractivity contribution in [2.75, 3.05) is 0 Å². The number of benzene rings is 4. The first-order chi connectivity index (χ1) is 18.6. The smallest absolute Gasteiger partial charge is 0.339 e. The molecule has 0 aliphatic carbocycles. The van der Waals surface area contributed by atoms with E-state index in [0.29, 0.717) is 5.69 Å². The fourth-order valence-corrected chi connectivity index (χ4v) is 4.15. The molecule has 0 bridgehead atoms. The lowest BCUT2D eigenvalue weighted by Gasteiger charge is -2.17. The second-order valence-electron chi connectivity index (χ2n) is 8.33. The maximum absolute atomic E-state index is 11.5. The van der Waals surface area contributed by atoms with E-state index in [9.17, 15) is 15.0 Å². The Balaban J connectivity index is 0.000000648. The highest BCUT2D eigenvalue weighted by atomic mass is 35.7. The van der Waals surface area contributed by atoms with Gasteiger partial charge in [0, 0.05) is 29.3 Å². The van der Waals surface area contributed by atoms with Gasteiger partial charge in [0.15, 0.2) is 0 Å². The van der Waals surface area contributed by atoms with Crippen LogP contribution in [0.2, 0.25) is 0 Å². The van der Waals surface area contributed by atoms with Crippen molar-refractivity contribution < 1.29 is 48.5 Å². The molecular formula is C30H22ClNO7. The van der Waals surface area contributed by atoms with Gasteiger partial charge in [-0.2, -0.15) is 4.57 Å². The summed E-state index contributed by atoms with van der Waals surface area (Å²) < 4.78 is 36.0. The molecule has 5 rings (SSSR count). The van der Waals surface area contributed by atoms with Crippen LogP contribution in [0.5, 0.6) is 5.75 Å². The predicted octanol–water partition coefficient (Wildman–Crippen LogP) is 1.61. The fourth-order valence-electron chi connectivity index (χ4n) is 4.15. The minimum Gasteiger partial charge on any atom is -0.507 e. The second kappa shape index (κ2) is 11.9. The van der Waals surface area contributed by atoms with E-state index in [4.69, 9.17) is 18.6 Å². The Hall–Kier alpha value is -4.57. The lowest BCUT2D eigenvalue weighted by molar-refractivity contribution is -2.00. The van der Waals surface area contributed by atoms with Gasteiger partial charge in [-0.05, 0) is 41.5 Å². The van der Waals surface area contributed by atoms with Gasteiger partial charge >= 0.3 is 5.97 Å². The van der Waals surface area contributed by atoms with Gasteiger partial charge in [-0.15, -0.1) is 10.2 Å². The zero-order valence-electron chi connectivity index (χ0n) is 20.3. The molecule has 4 aromatic carbocycles. The lowest BCUT2D eigenvalue weighted by Crippen LogP contribution is -2.68. The number of aromatic nitrogens is 1.